The van der Waals surface area contributed by atoms with Gasteiger partial charge in [0.1, 0.15) is 11.5 Å². The van der Waals surface area contributed by atoms with Gasteiger partial charge in [-0.05, 0) is 29.8 Å². The van der Waals surface area contributed by atoms with Crippen LogP contribution in [0.25, 0.3) is 0 Å². The number of sulfonamides is 1. The Morgan fingerprint density at radius 2 is 1.41 bits per heavy atom. The van der Waals surface area contributed by atoms with Crippen LogP contribution in [-0.4, -0.2) is 14.3 Å². The SMILES string of the molecule is NS(=O)(=O)c1ccccc1N(OCc1ccccc1)C(=O)c1ccccc1. The van der Waals surface area contributed by atoms with Crippen molar-refractivity contribution >= 4 is 21.6 Å². The number of hydrogen-bond acceptors (Lipinski definition) is 4. The standard InChI is InChI=1S/C20H18N2O4S/c21-27(24,25)19-14-8-7-13-18(19)22(20(23)17-11-5-2-6-12-17)26-15-16-9-3-1-4-10-16/h1-14H,15H2,(H2,21,24,25). The molecule has 0 aliphatic rings. The van der Waals surface area contributed by atoms with Crippen LogP contribution in [0, 0.1) is 0 Å². The zero-order valence-electron chi connectivity index (χ0n) is 14.4. The molecule has 0 bridgehead atoms. The molecule has 3 aromatic rings. The number of rotatable bonds is 6. The monoisotopic (exact) mass is 382 g/mol. The molecular weight excluding hydrogens is 364 g/mol. The lowest BCUT2D eigenvalue weighted by Gasteiger charge is -2.24. The van der Waals surface area contributed by atoms with Crippen molar-refractivity contribution in [3.05, 3.63) is 96.1 Å². The molecule has 6 nitrogen and oxygen atoms in total. The Balaban J connectivity index is 2.01. The van der Waals surface area contributed by atoms with Gasteiger partial charge in [-0.15, -0.1) is 0 Å². The van der Waals surface area contributed by atoms with Crippen molar-refractivity contribution in [2.24, 2.45) is 5.14 Å². The molecule has 7 heteroatoms. The molecule has 1 amide bonds. The first-order chi connectivity index (χ1) is 13.0. The van der Waals surface area contributed by atoms with Crippen LogP contribution in [0.4, 0.5) is 5.69 Å². The van der Waals surface area contributed by atoms with E-state index in [4.69, 9.17) is 9.98 Å². The number of nitrogens with two attached hydrogens (primary N) is 1. The summed E-state index contributed by atoms with van der Waals surface area (Å²) in [6.07, 6.45) is 0. The van der Waals surface area contributed by atoms with Gasteiger partial charge in [-0.3, -0.25) is 9.63 Å². The molecule has 0 aromatic heterocycles. The molecule has 0 atom stereocenters. The summed E-state index contributed by atoms with van der Waals surface area (Å²) in [5.41, 5.74) is 1.25. The van der Waals surface area contributed by atoms with Crippen molar-refractivity contribution in [2.75, 3.05) is 5.06 Å². The lowest BCUT2D eigenvalue weighted by Crippen LogP contribution is -2.33. The molecule has 0 radical (unpaired) electrons. The summed E-state index contributed by atoms with van der Waals surface area (Å²) < 4.78 is 24.0. The van der Waals surface area contributed by atoms with Crippen LogP contribution < -0.4 is 10.2 Å². The first-order valence-electron chi connectivity index (χ1n) is 8.15. The Kier molecular flexibility index (Phi) is 5.66. The van der Waals surface area contributed by atoms with Crippen LogP contribution in [0.5, 0.6) is 0 Å². The maximum absolute atomic E-state index is 13.0. The Bertz CT molecular complexity index is 1020. The molecule has 0 heterocycles. The highest BCUT2D eigenvalue weighted by molar-refractivity contribution is 7.89. The predicted molar refractivity (Wildman–Crippen MR) is 102 cm³/mol. The highest BCUT2D eigenvalue weighted by atomic mass is 32.2. The van der Waals surface area contributed by atoms with Gasteiger partial charge in [0.25, 0.3) is 5.91 Å². The van der Waals surface area contributed by atoms with Gasteiger partial charge >= 0.3 is 0 Å². The van der Waals surface area contributed by atoms with Crippen molar-refractivity contribution in [3.8, 4) is 0 Å². The van der Waals surface area contributed by atoms with E-state index >= 15 is 0 Å². The van der Waals surface area contributed by atoms with Crippen molar-refractivity contribution in [1.29, 1.82) is 0 Å². The van der Waals surface area contributed by atoms with Gasteiger partial charge in [-0.25, -0.2) is 13.6 Å². The number of nitrogens with zero attached hydrogens (tertiary/aromatic N) is 1. The van der Waals surface area contributed by atoms with E-state index in [1.54, 1.807) is 36.4 Å². The minimum Gasteiger partial charge on any atom is -0.266 e. The van der Waals surface area contributed by atoms with Gasteiger partial charge in [0, 0.05) is 5.56 Å². The molecule has 0 saturated carbocycles. The lowest BCUT2D eigenvalue weighted by atomic mass is 10.2. The number of amides is 1. The maximum atomic E-state index is 13.0. The van der Waals surface area contributed by atoms with E-state index in [2.05, 4.69) is 0 Å². The van der Waals surface area contributed by atoms with Crippen LogP contribution >= 0.6 is 0 Å². The molecule has 0 aliphatic heterocycles. The molecule has 0 saturated heterocycles. The Morgan fingerprint density at radius 3 is 2.04 bits per heavy atom. The zero-order chi connectivity index (χ0) is 19.3. The summed E-state index contributed by atoms with van der Waals surface area (Å²) in [5.74, 6) is -0.498. The van der Waals surface area contributed by atoms with E-state index in [0.717, 1.165) is 10.6 Å². The number of hydrogen-bond donors (Lipinski definition) is 1. The Hall–Kier alpha value is -3.00. The topological polar surface area (TPSA) is 89.7 Å². The number of anilines is 1. The third kappa shape index (κ3) is 4.59. The minimum atomic E-state index is -4.05. The minimum absolute atomic E-state index is 0.0600. The molecule has 0 unspecified atom stereocenters. The first-order valence-corrected chi connectivity index (χ1v) is 9.69. The highest BCUT2D eigenvalue weighted by Gasteiger charge is 2.25. The Labute approximate surface area is 157 Å². The van der Waals surface area contributed by atoms with Crippen molar-refractivity contribution in [2.45, 2.75) is 11.5 Å². The number of carbonyl (C=O) groups excluding carboxylic acids is 1. The van der Waals surface area contributed by atoms with Gasteiger partial charge in [0.15, 0.2) is 0 Å². The average molecular weight is 382 g/mol. The van der Waals surface area contributed by atoms with E-state index in [9.17, 15) is 13.2 Å². The van der Waals surface area contributed by atoms with Crippen LogP contribution in [-0.2, 0) is 21.5 Å². The number of hydroxylamine groups is 1. The largest absolute Gasteiger partial charge is 0.282 e. The number of para-hydroxylation sites is 1. The number of benzene rings is 3. The molecule has 138 valence electrons. The number of carbonyl (C=O) groups is 1. The highest BCUT2D eigenvalue weighted by Crippen LogP contribution is 2.26. The Morgan fingerprint density at radius 1 is 0.852 bits per heavy atom. The second-order valence-corrected chi connectivity index (χ2v) is 7.27. The van der Waals surface area contributed by atoms with Crippen LogP contribution in [0.15, 0.2) is 89.8 Å². The first kappa shape index (κ1) is 18.8. The fraction of sp³-hybridized carbons (Fsp3) is 0.0500. The molecule has 0 spiro atoms. The zero-order valence-corrected chi connectivity index (χ0v) is 15.2. The molecule has 0 fully saturated rings. The van der Waals surface area contributed by atoms with E-state index in [1.807, 2.05) is 30.3 Å². The average Bonchev–Trinajstić information content (AvgIpc) is 2.69. The van der Waals surface area contributed by atoms with Crippen LogP contribution in [0.3, 0.4) is 0 Å². The smallest absolute Gasteiger partial charge is 0.266 e. The van der Waals surface area contributed by atoms with Crippen LogP contribution in [0.2, 0.25) is 0 Å². The molecular formula is C20H18N2O4S. The summed E-state index contributed by atoms with van der Waals surface area (Å²) in [5, 5.41) is 6.29. The fourth-order valence-electron chi connectivity index (χ4n) is 2.51. The molecule has 2 N–H and O–H groups in total. The van der Waals surface area contributed by atoms with E-state index in [0.29, 0.717) is 5.56 Å². The quantitative estimate of drug-likeness (QED) is 0.663. The van der Waals surface area contributed by atoms with E-state index in [1.165, 1.54) is 18.2 Å². The van der Waals surface area contributed by atoms with E-state index in [-0.39, 0.29) is 17.2 Å². The van der Waals surface area contributed by atoms with Gasteiger partial charge < -0.3 is 0 Å². The summed E-state index contributed by atoms with van der Waals surface area (Å²) in [4.78, 5) is 18.5. The predicted octanol–water partition coefficient (Wildman–Crippen LogP) is 3.11. The lowest BCUT2D eigenvalue weighted by molar-refractivity contribution is 0.0595. The van der Waals surface area contributed by atoms with Gasteiger partial charge in [-0.1, -0.05) is 60.7 Å². The second kappa shape index (κ2) is 8.13. The van der Waals surface area contributed by atoms with Gasteiger partial charge in [0.2, 0.25) is 10.0 Å². The third-order valence-corrected chi connectivity index (χ3v) is 4.76. The van der Waals surface area contributed by atoms with Gasteiger partial charge in [-0.2, -0.15) is 5.06 Å². The molecule has 0 aliphatic carbocycles. The summed E-state index contributed by atoms with van der Waals surface area (Å²) in [6, 6.07) is 23.7. The van der Waals surface area contributed by atoms with Gasteiger partial charge in [0.05, 0.1) is 5.69 Å². The second-order valence-electron chi connectivity index (χ2n) is 5.74. The van der Waals surface area contributed by atoms with Crippen molar-refractivity contribution in [1.82, 2.24) is 0 Å². The van der Waals surface area contributed by atoms with Crippen molar-refractivity contribution in [3.63, 3.8) is 0 Å². The summed E-state index contributed by atoms with van der Waals surface area (Å²) in [7, 11) is -4.05. The molecule has 3 rings (SSSR count). The van der Waals surface area contributed by atoms with Crippen molar-refractivity contribution < 1.29 is 18.0 Å². The summed E-state index contributed by atoms with van der Waals surface area (Å²) >= 11 is 0. The summed E-state index contributed by atoms with van der Waals surface area (Å²) in [6.45, 7) is 0.0817. The normalized spacial score (nSPS) is 11.1. The third-order valence-electron chi connectivity index (χ3n) is 3.80. The van der Waals surface area contributed by atoms with E-state index < -0.39 is 15.9 Å². The maximum Gasteiger partial charge on any atom is 0.282 e. The fourth-order valence-corrected chi connectivity index (χ4v) is 3.23. The molecule has 3 aromatic carbocycles. The number of primary sulfonamides is 1. The van der Waals surface area contributed by atoms with Crippen LogP contribution in [0.1, 0.15) is 15.9 Å². The molecule has 27 heavy (non-hydrogen) atoms.